The number of phenols is 1. The average molecular weight is 341 g/mol. The molecule has 0 bridgehead atoms. The first kappa shape index (κ1) is 15.4. The predicted molar refractivity (Wildman–Crippen MR) is 79.6 cm³/mol. The standard InChI is InChI=1S/C16H8ClF3O3/c17-13-14(22)9-3-1-2-4-12(9)23-15(13)8-5-6-10(11(21)7-8)16(18,19)20/h1-7,21H. The summed E-state index contributed by atoms with van der Waals surface area (Å²) in [6.07, 6.45) is -4.68. The second-order valence-corrected chi connectivity index (χ2v) is 5.18. The van der Waals surface area contributed by atoms with E-state index >= 15 is 0 Å². The van der Waals surface area contributed by atoms with Gasteiger partial charge in [-0.15, -0.1) is 0 Å². The number of benzene rings is 2. The van der Waals surface area contributed by atoms with Crippen LogP contribution in [0.1, 0.15) is 5.56 Å². The minimum Gasteiger partial charge on any atom is -0.507 e. The summed E-state index contributed by atoms with van der Waals surface area (Å²) in [5.41, 5.74) is -1.36. The van der Waals surface area contributed by atoms with Crippen molar-refractivity contribution in [3.8, 4) is 17.1 Å². The molecule has 23 heavy (non-hydrogen) atoms. The Morgan fingerprint density at radius 2 is 1.78 bits per heavy atom. The van der Waals surface area contributed by atoms with Crippen LogP contribution in [0.15, 0.2) is 51.7 Å². The molecule has 0 saturated carbocycles. The maximum atomic E-state index is 12.7. The summed E-state index contributed by atoms with van der Waals surface area (Å²) in [5.74, 6) is -1.07. The Morgan fingerprint density at radius 3 is 2.43 bits per heavy atom. The second kappa shape index (κ2) is 5.31. The van der Waals surface area contributed by atoms with Crippen molar-refractivity contribution in [2.75, 3.05) is 0 Å². The van der Waals surface area contributed by atoms with Crippen molar-refractivity contribution in [3.05, 3.63) is 63.3 Å². The quantitative estimate of drug-likeness (QED) is 0.689. The lowest BCUT2D eigenvalue weighted by Crippen LogP contribution is -2.06. The Balaban J connectivity index is 2.23. The molecule has 7 heteroatoms. The molecule has 0 amide bonds. The van der Waals surface area contributed by atoms with Gasteiger partial charge in [-0.2, -0.15) is 13.2 Å². The predicted octanol–water partition coefficient (Wildman–Crippen LogP) is 4.84. The summed E-state index contributed by atoms with van der Waals surface area (Å²) in [4.78, 5) is 12.2. The smallest absolute Gasteiger partial charge is 0.419 e. The van der Waals surface area contributed by atoms with Gasteiger partial charge < -0.3 is 9.52 Å². The van der Waals surface area contributed by atoms with Crippen molar-refractivity contribution < 1.29 is 22.7 Å². The lowest BCUT2D eigenvalue weighted by atomic mass is 10.1. The highest BCUT2D eigenvalue weighted by Crippen LogP contribution is 2.39. The van der Waals surface area contributed by atoms with Crippen LogP contribution in [0.4, 0.5) is 13.2 Å². The summed E-state index contributed by atoms with van der Waals surface area (Å²) in [5, 5.41) is 9.58. The average Bonchev–Trinajstić information content (AvgIpc) is 2.49. The van der Waals surface area contributed by atoms with Crippen LogP contribution in [-0.4, -0.2) is 5.11 Å². The van der Waals surface area contributed by atoms with Gasteiger partial charge in [-0.1, -0.05) is 29.8 Å². The monoisotopic (exact) mass is 340 g/mol. The molecule has 118 valence electrons. The van der Waals surface area contributed by atoms with Gasteiger partial charge in [0.15, 0.2) is 5.76 Å². The van der Waals surface area contributed by atoms with Crippen LogP contribution in [0.3, 0.4) is 0 Å². The number of aromatic hydroxyl groups is 1. The molecule has 0 fully saturated rings. The van der Waals surface area contributed by atoms with E-state index in [4.69, 9.17) is 16.0 Å². The molecule has 2 aromatic carbocycles. The zero-order chi connectivity index (χ0) is 16.8. The summed E-state index contributed by atoms with van der Waals surface area (Å²) in [6.45, 7) is 0. The third-order valence-electron chi connectivity index (χ3n) is 3.31. The molecule has 0 saturated heterocycles. The normalized spacial score (nSPS) is 11.8. The third-order valence-corrected chi connectivity index (χ3v) is 3.65. The number of phenolic OH excluding ortho intramolecular Hbond substituents is 1. The molecular formula is C16H8ClF3O3. The second-order valence-electron chi connectivity index (χ2n) is 4.80. The van der Waals surface area contributed by atoms with Crippen LogP contribution < -0.4 is 5.43 Å². The van der Waals surface area contributed by atoms with E-state index in [9.17, 15) is 23.1 Å². The highest BCUT2D eigenvalue weighted by molar-refractivity contribution is 6.33. The lowest BCUT2D eigenvalue weighted by Gasteiger charge is -2.11. The number of para-hydroxylation sites is 1. The van der Waals surface area contributed by atoms with Crippen LogP contribution in [0, 0.1) is 0 Å². The third kappa shape index (κ3) is 2.66. The zero-order valence-corrected chi connectivity index (χ0v) is 12.1. The Labute approximate surface area is 132 Å². The molecule has 3 aromatic rings. The molecule has 3 nitrogen and oxygen atoms in total. The molecular weight excluding hydrogens is 333 g/mol. The molecule has 0 aliphatic rings. The van der Waals surface area contributed by atoms with Gasteiger partial charge in [0.2, 0.25) is 5.43 Å². The highest BCUT2D eigenvalue weighted by atomic mass is 35.5. The Kier molecular flexibility index (Phi) is 3.56. The number of alkyl halides is 3. The highest BCUT2D eigenvalue weighted by Gasteiger charge is 2.34. The molecule has 0 atom stereocenters. The molecule has 1 heterocycles. The van der Waals surface area contributed by atoms with Crippen molar-refractivity contribution in [2.45, 2.75) is 6.18 Å². The first-order valence-corrected chi connectivity index (χ1v) is 6.79. The fourth-order valence-corrected chi connectivity index (χ4v) is 2.47. The van der Waals surface area contributed by atoms with Gasteiger partial charge in [0.1, 0.15) is 16.4 Å². The van der Waals surface area contributed by atoms with Gasteiger partial charge in [0.05, 0.1) is 10.9 Å². The van der Waals surface area contributed by atoms with E-state index in [1.54, 1.807) is 18.2 Å². The van der Waals surface area contributed by atoms with Crippen molar-refractivity contribution >= 4 is 22.6 Å². The number of hydrogen-bond acceptors (Lipinski definition) is 3. The van der Waals surface area contributed by atoms with E-state index in [0.717, 1.165) is 12.1 Å². The molecule has 1 aromatic heterocycles. The van der Waals surface area contributed by atoms with Crippen molar-refractivity contribution in [3.63, 3.8) is 0 Å². The van der Waals surface area contributed by atoms with Crippen LogP contribution in [0.5, 0.6) is 5.75 Å². The minimum absolute atomic E-state index is 0.0725. The zero-order valence-electron chi connectivity index (χ0n) is 11.3. The molecule has 0 aliphatic carbocycles. The molecule has 0 aliphatic heterocycles. The SMILES string of the molecule is O=c1c(Cl)c(-c2ccc(C(F)(F)F)c(O)c2)oc2ccccc12. The van der Waals surface area contributed by atoms with Crippen LogP contribution in [-0.2, 0) is 6.18 Å². The number of hydrogen-bond donors (Lipinski definition) is 1. The van der Waals surface area contributed by atoms with Crippen LogP contribution in [0.2, 0.25) is 5.02 Å². The first-order valence-electron chi connectivity index (χ1n) is 6.41. The Hall–Kier alpha value is -2.47. The molecule has 3 rings (SSSR count). The van der Waals surface area contributed by atoms with Crippen molar-refractivity contribution in [1.29, 1.82) is 0 Å². The maximum Gasteiger partial charge on any atom is 0.419 e. The fourth-order valence-electron chi connectivity index (χ4n) is 2.22. The van der Waals surface area contributed by atoms with Gasteiger partial charge in [0, 0.05) is 5.56 Å². The molecule has 0 spiro atoms. The summed E-state index contributed by atoms with van der Waals surface area (Å²) in [7, 11) is 0. The van der Waals surface area contributed by atoms with Crippen LogP contribution >= 0.6 is 11.6 Å². The van der Waals surface area contributed by atoms with Gasteiger partial charge in [0.25, 0.3) is 0 Å². The van der Waals surface area contributed by atoms with E-state index < -0.39 is 22.9 Å². The Morgan fingerprint density at radius 1 is 1.09 bits per heavy atom. The van der Waals surface area contributed by atoms with Gasteiger partial charge in [-0.25, -0.2) is 0 Å². The van der Waals surface area contributed by atoms with Gasteiger partial charge in [-0.3, -0.25) is 4.79 Å². The fraction of sp³-hybridized carbons (Fsp3) is 0.0625. The molecule has 0 unspecified atom stereocenters. The first-order chi connectivity index (χ1) is 10.8. The maximum absolute atomic E-state index is 12.7. The molecule has 0 radical (unpaired) electrons. The summed E-state index contributed by atoms with van der Waals surface area (Å²) >= 11 is 5.98. The van der Waals surface area contributed by atoms with Gasteiger partial charge >= 0.3 is 6.18 Å². The van der Waals surface area contributed by atoms with Crippen molar-refractivity contribution in [1.82, 2.24) is 0 Å². The number of halogens is 4. The van der Waals surface area contributed by atoms with Crippen molar-refractivity contribution in [2.24, 2.45) is 0 Å². The van der Waals surface area contributed by atoms with E-state index in [1.807, 2.05) is 0 Å². The van der Waals surface area contributed by atoms with E-state index in [2.05, 4.69) is 0 Å². The summed E-state index contributed by atoms with van der Waals surface area (Å²) in [6, 6.07) is 9.01. The molecule has 1 N–H and O–H groups in total. The number of fused-ring (bicyclic) bond motifs is 1. The van der Waals surface area contributed by atoms with E-state index in [0.29, 0.717) is 6.07 Å². The number of rotatable bonds is 1. The van der Waals surface area contributed by atoms with E-state index in [-0.39, 0.29) is 27.3 Å². The lowest BCUT2D eigenvalue weighted by molar-refractivity contribution is -0.138. The minimum atomic E-state index is -4.68. The van der Waals surface area contributed by atoms with Crippen LogP contribution in [0.25, 0.3) is 22.3 Å². The van der Waals surface area contributed by atoms with E-state index in [1.165, 1.54) is 6.07 Å². The largest absolute Gasteiger partial charge is 0.507 e. The summed E-state index contributed by atoms with van der Waals surface area (Å²) < 4.78 is 43.5. The van der Waals surface area contributed by atoms with Gasteiger partial charge in [-0.05, 0) is 24.3 Å². The Bertz CT molecular complexity index is 961. The topological polar surface area (TPSA) is 50.4 Å².